The maximum atomic E-state index is 4.12. The number of nitrogens with zero attached hydrogens (tertiary/aromatic N) is 3. The van der Waals surface area contributed by atoms with Crippen molar-refractivity contribution < 1.29 is 0 Å². The minimum Gasteiger partial charge on any atom is -0.361 e. The molecule has 1 aromatic heterocycles. The lowest BCUT2D eigenvalue weighted by molar-refractivity contribution is 1.03. The molecule has 1 aromatic rings. The number of hydrogen-bond donors (Lipinski definition) is 0. The molecular formula is C7H10N3. The van der Waals surface area contributed by atoms with E-state index in [1.807, 2.05) is 19.0 Å². The molecule has 0 atom stereocenters. The Bertz CT molecular complexity index is 220. The van der Waals surface area contributed by atoms with E-state index < -0.39 is 0 Å². The summed E-state index contributed by atoms with van der Waals surface area (Å²) in [5, 5.41) is 0. The van der Waals surface area contributed by atoms with E-state index >= 15 is 0 Å². The maximum Gasteiger partial charge on any atom is 0.146 e. The van der Waals surface area contributed by atoms with Crippen LogP contribution in [0.1, 0.15) is 5.69 Å². The maximum absolute atomic E-state index is 4.12. The second-order valence-electron chi connectivity index (χ2n) is 2.26. The average Bonchev–Trinajstić information content (AvgIpc) is 1.88. The molecule has 0 fully saturated rings. The molecule has 3 heteroatoms. The van der Waals surface area contributed by atoms with Crippen molar-refractivity contribution in [3.63, 3.8) is 0 Å². The molecule has 0 bridgehead atoms. The van der Waals surface area contributed by atoms with Crippen molar-refractivity contribution in [3.05, 3.63) is 25.0 Å². The largest absolute Gasteiger partial charge is 0.361 e. The topological polar surface area (TPSA) is 29.0 Å². The molecule has 0 N–H and O–H groups in total. The van der Waals surface area contributed by atoms with Gasteiger partial charge in [-0.25, -0.2) is 4.98 Å². The van der Waals surface area contributed by atoms with E-state index in [9.17, 15) is 0 Å². The predicted octanol–water partition coefficient (Wildman–Crippen LogP) is 0.725. The molecule has 0 amide bonds. The minimum absolute atomic E-state index is 0.700. The minimum atomic E-state index is 0.700. The highest BCUT2D eigenvalue weighted by molar-refractivity contribution is 5.33. The number of hydrogen-bond acceptors (Lipinski definition) is 3. The molecule has 1 rings (SSSR count). The molecule has 0 saturated carbocycles. The zero-order valence-corrected chi connectivity index (χ0v) is 6.20. The third-order valence-corrected chi connectivity index (χ3v) is 1.13. The molecule has 0 aliphatic carbocycles. The van der Waals surface area contributed by atoms with Crippen LogP contribution < -0.4 is 4.90 Å². The molecule has 0 aliphatic rings. The first kappa shape index (κ1) is 6.99. The van der Waals surface area contributed by atoms with Crippen LogP contribution in [0.4, 0.5) is 5.82 Å². The van der Waals surface area contributed by atoms with Crippen molar-refractivity contribution in [1.29, 1.82) is 0 Å². The highest BCUT2D eigenvalue weighted by Crippen LogP contribution is 2.03. The van der Waals surface area contributed by atoms with E-state index in [4.69, 9.17) is 0 Å². The third-order valence-electron chi connectivity index (χ3n) is 1.13. The number of rotatable bonds is 1. The predicted molar refractivity (Wildman–Crippen MR) is 40.8 cm³/mol. The fourth-order valence-electron chi connectivity index (χ4n) is 0.610. The van der Waals surface area contributed by atoms with Crippen LogP contribution in [0.2, 0.25) is 0 Å². The Morgan fingerprint density at radius 3 is 2.50 bits per heavy atom. The Morgan fingerprint density at radius 1 is 1.40 bits per heavy atom. The summed E-state index contributed by atoms with van der Waals surface area (Å²) in [6.07, 6.45) is 3.34. The van der Waals surface area contributed by atoms with Gasteiger partial charge in [0.2, 0.25) is 0 Å². The first-order valence-corrected chi connectivity index (χ1v) is 3.01. The highest BCUT2D eigenvalue weighted by atomic mass is 15.1. The molecule has 0 aromatic carbocycles. The van der Waals surface area contributed by atoms with E-state index in [2.05, 4.69) is 16.9 Å². The van der Waals surface area contributed by atoms with Crippen LogP contribution in [0.5, 0.6) is 0 Å². The summed E-state index contributed by atoms with van der Waals surface area (Å²) >= 11 is 0. The zero-order valence-electron chi connectivity index (χ0n) is 6.20. The van der Waals surface area contributed by atoms with Crippen molar-refractivity contribution in [2.45, 2.75) is 0 Å². The van der Waals surface area contributed by atoms with E-state index in [0.29, 0.717) is 5.69 Å². The summed E-state index contributed by atoms with van der Waals surface area (Å²) in [6.45, 7) is 3.66. The SMILES string of the molecule is [CH2]c1cncc(N(C)C)n1. The monoisotopic (exact) mass is 136 g/mol. The van der Waals surface area contributed by atoms with Crippen LogP contribution in [-0.2, 0) is 0 Å². The van der Waals surface area contributed by atoms with Gasteiger partial charge in [0.15, 0.2) is 0 Å². The van der Waals surface area contributed by atoms with E-state index in [0.717, 1.165) is 5.82 Å². The van der Waals surface area contributed by atoms with Gasteiger partial charge >= 0.3 is 0 Å². The van der Waals surface area contributed by atoms with Gasteiger partial charge in [-0.05, 0) is 6.92 Å². The summed E-state index contributed by atoms with van der Waals surface area (Å²) in [7, 11) is 3.84. The normalized spacial score (nSPS) is 9.50. The fourth-order valence-corrected chi connectivity index (χ4v) is 0.610. The lowest BCUT2D eigenvalue weighted by Crippen LogP contribution is -2.11. The van der Waals surface area contributed by atoms with Gasteiger partial charge in [0.05, 0.1) is 11.9 Å². The van der Waals surface area contributed by atoms with Gasteiger partial charge in [-0.15, -0.1) is 0 Å². The quantitative estimate of drug-likeness (QED) is 0.569. The highest BCUT2D eigenvalue weighted by Gasteiger charge is 1.94. The summed E-state index contributed by atoms with van der Waals surface area (Å²) in [4.78, 5) is 9.95. The van der Waals surface area contributed by atoms with Gasteiger partial charge in [0.1, 0.15) is 5.82 Å². The molecule has 1 radical (unpaired) electrons. The Labute approximate surface area is 60.7 Å². The molecule has 1 heterocycles. The van der Waals surface area contributed by atoms with Crippen LogP contribution in [-0.4, -0.2) is 24.1 Å². The molecular weight excluding hydrogens is 126 g/mol. The summed E-state index contributed by atoms with van der Waals surface area (Å²) in [6, 6.07) is 0. The Morgan fingerprint density at radius 2 is 2.10 bits per heavy atom. The fraction of sp³-hybridized carbons (Fsp3) is 0.286. The summed E-state index contributed by atoms with van der Waals surface area (Å²) in [5.74, 6) is 0.840. The van der Waals surface area contributed by atoms with Gasteiger partial charge < -0.3 is 4.90 Å². The Balaban J connectivity index is 2.96. The average molecular weight is 136 g/mol. The van der Waals surface area contributed by atoms with Crippen molar-refractivity contribution >= 4 is 5.82 Å². The Hall–Kier alpha value is -1.12. The van der Waals surface area contributed by atoms with Gasteiger partial charge in [-0.3, -0.25) is 4.98 Å². The molecule has 0 aliphatic heterocycles. The molecule has 3 nitrogen and oxygen atoms in total. The van der Waals surface area contributed by atoms with E-state index in [1.54, 1.807) is 12.4 Å². The van der Waals surface area contributed by atoms with E-state index in [-0.39, 0.29) is 0 Å². The van der Waals surface area contributed by atoms with Gasteiger partial charge in [-0.2, -0.15) is 0 Å². The summed E-state index contributed by atoms with van der Waals surface area (Å²) in [5.41, 5.74) is 0.700. The van der Waals surface area contributed by atoms with Crippen molar-refractivity contribution in [2.24, 2.45) is 0 Å². The van der Waals surface area contributed by atoms with Crippen molar-refractivity contribution in [1.82, 2.24) is 9.97 Å². The molecule has 0 spiro atoms. The molecule has 53 valence electrons. The van der Waals surface area contributed by atoms with Gasteiger partial charge in [0, 0.05) is 20.3 Å². The number of aromatic nitrogens is 2. The lowest BCUT2D eigenvalue weighted by Gasteiger charge is -2.09. The van der Waals surface area contributed by atoms with Crippen LogP contribution in [0.25, 0.3) is 0 Å². The van der Waals surface area contributed by atoms with Crippen molar-refractivity contribution in [2.75, 3.05) is 19.0 Å². The van der Waals surface area contributed by atoms with Gasteiger partial charge in [-0.1, -0.05) is 0 Å². The first-order valence-electron chi connectivity index (χ1n) is 3.01. The lowest BCUT2D eigenvalue weighted by atomic mass is 10.5. The van der Waals surface area contributed by atoms with E-state index in [1.165, 1.54) is 0 Å². The van der Waals surface area contributed by atoms with Gasteiger partial charge in [0.25, 0.3) is 0 Å². The van der Waals surface area contributed by atoms with Crippen LogP contribution in [0, 0.1) is 6.92 Å². The molecule has 0 saturated heterocycles. The second-order valence-corrected chi connectivity index (χ2v) is 2.26. The zero-order chi connectivity index (χ0) is 7.56. The Kier molecular flexibility index (Phi) is 1.85. The first-order chi connectivity index (χ1) is 4.70. The third kappa shape index (κ3) is 1.43. The standard InChI is InChI=1S/C7H10N3/c1-6-4-8-5-7(9-6)10(2)3/h4-5H,1H2,2-3H3. The van der Waals surface area contributed by atoms with Crippen molar-refractivity contribution in [3.8, 4) is 0 Å². The molecule has 0 unspecified atom stereocenters. The van der Waals surface area contributed by atoms with Crippen LogP contribution in [0.15, 0.2) is 12.4 Å². The smallest absolute Gasteiger partial charge is 0.146 e. The van der Waals surface area contributed by atoms with Crippen LogP contribution >= 0.6 is 0 Å². The number of anilines is 1. The second kappa shape index (κ2) is 2.64. The summed E-state index contributed by atoms with van der Waals surface area (Å²) < 4.78 is 0. The van der Waals surface area contributed by atoms with Crippen LogP contribution in [0.3, 0.4) is 0 Å². The molecule has 10 heavy (non-hydrogen) atoms.